The van der Waals surface area contributed by atoms with Crippen molar-refractivity contribution in [2.24, 2.45) is 5.92 Å². The van der Waals surface area contributed by atoms with Crippen LogP contribution in [0.5, 0.6) is 0 Å². The maximum atomic E-state index is 9.74. The molecule has 1 atom stereocenters. The molecule has 1 unspecified atom stereocenters. The molecule has 1 aliphatic heterocycles. The molecule has 2 aromatic heterocycles. The van der Waals surface area contributed by atoms with Gasteiger partial charge in [-0.3, -0.25) is 9.88 Å². The Morgan fingerprint density at radius 1 is 1.19 bits per heavy atom. The van der Waals surface area contributed by atoms with Crippen molar-refractivity contribution in [1.82, 2.24) is 15.2 Å². The number of furan rings is 1. The van der Waals surface area contributed by atoms with E-state index in [0.29, 0.717) is 18.0 Å². The Bertz CT molecular complexity index is 647. The Morgan fingerprint density at radius 3 is 2.62 bits per heavy atom. The maximum Gasteiger partial charge on any atom is 0.117 e. The standard InChI is InChI=1S/C21H29N3O2/c25-19-13-17(14-19)21(12-16-3-7-22-8-4-16)23-18-5-9-24(10-6-18)15-20-2-1-11-26-20/h1-4,7-8,11,17-19,21,23,25H,5-6,9-10,12-15H2. The van der Waals surface area contributed by atoms with Crippen molar-refractivity contribution in [1.29, 1.82) is 0 Å². The molecule has 0 spiro atoms. The van der Waals surface area contributed by atoms with Crippen molar-refractivity contribution < 1.29 is 9.52 Å². The summed E-state index contributed by atoms with van der Waals surface area (Å²) >= 11 is 0. The highest BCUT2D eigenvalue weighted by Crippen LogP contribution is 2.32. The second kappa shape index (κ2) is 8.33. The maximum absolute atomic E-state index is 9.74. The van der Waals surface area contributed by atoms with Crippen LogP contribution in [0.15, 0.2) is 47.3 Å². The number of likely N-dealkylation sites (tertiary alicyclic amines) is 1. The monoisotopic (exact) mass is 355 g/mol. The average molecular weight is 355 g/mol. The van der Waals surface area contributed by atoms with E-state index in [-0.39, 0.29) is 6.10 Å². The molecular formula is C21H29N3O2. The second-order valence-corrected chi connectivity index (χ2v) is 7.85. The Labute approximate surface area is 155 Å². The molecule has 26 heavy (non-hydrogen) atoms. The van der Waals surface area contributed by atoms with Crippen LogP contribution in [-0.2, 0) is 13.0 Å². The highest BCUT2D eigenvalue weighted by atomic mass is 16.3. The molecular weight excluding hydrogens is 326 g/mol. The lowest BCUT2D eigenvalue weighted by atomic mass is 9.75. The van der Waals surface area contributed by atoms with Crippen molar-refractivity contribution in [3.05, 3.63) is 54.2 Å². The molecule has 0 aromatic carbocycles. The fourth-order valence-corrected chi connectivity index (χ4v) is 4.28. The summed E-state index contributed by atoms with van der Waals surface area (Å²) in [4.78, 5) is 6.60. The Balaban J connectivity index is 1.30. The second-order valence-electron chi connectivity index (χ2n) is 7.85. The molecule has 1 saturated carbocycles. The summed E-state index contributed by atoms with van der Waals surface area (Å²) in [5.41, 5.74) is 1.33. The van der Waals surface area contributed by atoms with Gasteiger partial charge in [0.1, 0.15) is 5.76 Å². The SMILES string of the molecule is OC1CC(C(Cc2ccncc2)NC2CCN(Cc3ccco3)CC2)C1. The van der Waals surface area contributed by atoms with Gasteiger partial charge in [-0.25, -0.2) is 0 Å². The van der Waals surface area contributed by atoms with Gasteiger partial charge in [-0.15, -0.1) is 0 Å². The van der Waals surface area contributed by atoms with Gasteiger partial charge in [0, 0.05) is 37.6 Å². The summed E-state index contributed by atoms with van der Waals surface area (Å²) in [6.45, 7) is 3.12. The first-order valence-corrected chi connectivity index (χ1v) is 9.84. The minimum absolute atomic E-state index is 0.100. The third kappa shape index (κ3) is 4.53. The molecule has 5 nitrogen and oxygen atoms in total. The number of nitrogens with zero attached hydrogens (tertiary/aromatic N) is 2. The first-order valence-electron chi connectivity index (χ1n) is 9.84. The zero-order chi connectivity index (χ0) is 17.8. The zero-order valence-corrected chi connectivity index (χ0v) is 15.3. The molecule has 0 amide bonds. The normalized spacial score (nSPS) is 25.7. The lowest BCUT2D eigenvalue weighted by Crippen LogP contribution is -2.52. The van der Waals surface area contributed by atoms with Gasteiger partial charge in [-0.1, -0.05) is 0 Å². The largest absolute Gasteiger partial charge is 0.468 e. The summed E-state index contributed by atoms with van der Waals surface area (Å²) in [6.07, 6.45) is 10.6. The van der Waals surface area contributed by atoms with E-state index >= 15 is 0 Å². The molecule has 5 heteroatoms. The lowest BCUT2D eigenvalue weighted by molar-refractivity contribution is 0.0200. The minimum Gasteiger partial charge on any atom is -0.468 e. The first-order chi connectivity index (χ1) is 12.8. The van der Waals surface area contributed by atoms with Crippen LogP contribution in [-0.4, -0.2) is 46.3 Å². The highest BCUT2D eigenvalue weighted by Gasteiger charge is 2.35. The average Bonchev–Trinajstić information content (AvgIpc) is 3.14. The summed E-state index contributed by atoms with van der Waals surface area (Å²) < 4.78 is 5.47. The number of rotatable bonds is 7. The van der Waals surface area contributed by atoms with Gasteiger partial charge in [0.2, 0.25) is 0 Å². The van der Waals surface area contributed by atoms with E-state index in [9.17, 15) is 5.11 Å². The van der Waals surface area contributed by atoms with E-state index in [1.54, 1.807) is 6.26 Å². The van der Waals surface area contributed by atoms with Crippen LogP contribution in [0.3, 0.4) is 0 Å². The number of aromatic nitrogens is 1. The molecule has 2 aromatic rings. The van der Waals surface area contributed by atoms with Crippen LogP contribution in [0.2, 0.25) is 0 Å². The van der Waals surface area contributed by atoms with Crippen LogP contribution in [0.25, 0.3) is 0 Å². The van der Waals surface area contributed by atoms with E-state index in [1.807, 2.05) is 18.5 Å². The Kier molecular flexibility index (Phi) is 5.68. The minimum atomic E-state index is -0.100. The van der Waals surface area contributed by atoms with Crippen LogP contribution in [0.4, 0.5) is 0 Å². The number of hydrogen-bond acceptors (Lipinski definition) is 5. The van der Waals surface area contributed by atoms with E-state index < -0.39 is 0 Å². The highest BCUT2D eigenvalue weighted by molar-refractivity contribution is 5.12. The molecule has 1 aliphatic carbocycles. The third-order valence-corrected chi connectivity index (χ3v) is 5.92. The van der Waals surface area contributed by atoms with Gasteiger partial charge in [0.05, 0.1) is 18.9 Å². The molecule has 2 N–H and O–H groups in total. The summed E-state index contributed by atoms with van der Waals surface area (Å²) in [5, 5.41) is 13.7. The number of aliphatic hydroxyl groups excluding tert-OH is 1. The van der Waals surface area contributed by atoms with Gasteiger partial charge in [-0.2, -0.15) is 0 Å². The predicted octanol–water partition coefficient (Wildman–Crippen LogP) is 2.61. The quantitative estimate of drug-likeness (QED) is 0.799. The molecule has 3 heterocycles. The van der Waals surface area contributed by atoms with E-state index in [2.05, 4.69) is 33.4 Å². The van der Waals surface area contributed by atoms with Crippen LogP contribution < -0.4 is 5.32 Å². The molecule has 0 bridgehead atoms. The lowest BCUT2D eigenvalue weighted by Gasteiger charge is -2.41. The van der Waals surface area contributed by atoms with Gasteiger partial charge in [0.15, 0.2) is 0 Å². The van der Waals surface area contributed by atoms with Crippen LogP contribution in [0.1, 0.15) is 37.0 Å². The molecule has 0 radical (unpaired) electrons. The van der Waals surface area contributed by atoms with Crippen LogP contribution >= 0.6 is 0 Å². The number of hydrogen-bond donors (Lipinski definition) is 2. The van der Waals surface area contributed by atoms with Crippen molar-refractivity contribution >= 4 is 0 Å². The summed E-state index contributed by atoms with van der Waals surface area (Å²) in [7, 11) is 0. The van der Waals surface area contributed by atoms with Crippen molar-refractivity contribution in [2.45, 2.75) is 56.8 Å². The van der Waals surface area contributed by atoms with Gasteiger partial charge in [-0.05, 0) is 67.9 Å². The number of piperidine rings is 1. The van der Waals surface area contributed by atoms with E-state index in [1.165, 1.54) is 18.4 Å². The molecule has 2 aliphatic rings. The van der Waals surface area contributed by atoms with Crippen molar-refractivity contribution in [3.8, 4) is 0 Å². The fraction of sp³-hybridized carbons (Fsp3) is 0.571. The van der Waals surface area contributed by atoms with Gasteiger partial charge >= 0.3 is 0 Å². The summed E-state index contributed by atoms with van der Waals surface area (Å²) in [6, 6.07) is 9.23. The smallest absolute Gasteiger partial charge is 0.117 e. The number of aliphatic hydroxyl groups is 1. The first kappa shape index (κ1) is 17.7. The zero-order valence-electron chi connectivity index (χ0n) is 15.3. The Hall–Kier alpha value is -1.69. The number of pyridine rings is 1. The Morgan fingerprint density at radius 2 is 1.96 bits per heavy atom. The topological polar surface area (TPSA) is 61.5 Å². The predicted molar refractivity (Wildman–Crippen MR) is 101 cm³/mol. The third-order valence-electron chi connectivity index (χ3n) is 5.92. The summed E-state index contributed by atoms with van der Waals surface area (Å²) in [5.74, 6) is 1.63. The van der Waals surface area contributed by atoms with Crippen LogP contribution in [0, 0.1) is 5.92 Å². The van der Waals surface area contributed by atoms with E-state index in [4.69, 9.17) is 4.42 Å². The van der Waals surface area contributed by atoms with Crippen molar-refractivity contribution in [2.75, 3.05) is 13.1 Å². The van der Waals surface area contributed by atoms with Crippen molar-refractivity contribution in [3.63, 3.8) is 0 Å². The molecule has 4 rings (SSSR count). The fourth-order valence-electron chi connectivity index (χ4n) is 4.28. The van der Waals surface area contributed by atoms with E-state index in [0.717, 1.165) is 44.7 Å². The van der Waals surface area contributed by atoms with Gasteiger partial charge < -0.3 is 14.8 Å². The molecule has 1 saturated heterocycles. The van der Waals surface area contributed by atoms with Gasteiger partial charge in [0.25, 0.3) is 0 Å². The number of nitrogens with one attached hydrogen (secondary N) is 1. The molecule has 2 fully saturated rings. The molecule has 140 valence electrons.